The molecule has 2 aromatic rings. The second-order valence-electron chi connectivity index (χ2n) is 5.29. The molecule has 0 saturated carbocycles. The SMILES string of the molecule is Cc1cccc(OC(C)C(=O)NNC(=O)c2cncc(Br)c2)c1C. The number of halogens is 1. The Labute approximate surface area is 148 Å². The molecule has 0 aliphatic heterocycles. The van der Waals surface area contributed by atoms with Crippen molar-refractivity contribution in [3.05, 3.63) is 57.8 Å². The predicted octanol–water partition coefficient (Wildman–Crippen LogP) is 2.69. The normalized spacial score (nSPS) is 11.5. The lowest BCUT2D eigenvalue weighted by atomic mass is 10.1. The molecule has 0 aliphatic rings. The van der Waals surface area contributed by atoms with Crippen molar-refractivity contribution < 1.29 is 14.3 Å². The fourth-order valence-corrected chi connectivity index (χ4v) is 2.29. The zero-order chi connectivity index (χ0) is 17.7. The molecule has 1 aromatic carbocycles. The number of carbonyl (C=O) groups is 2. The summed E-state index contributed by atoms with van der Waals surface area (Å²) in [6.07, 6.45) is 2.21. The molecule has 0 spiro atoms. The van der Waals surface area contributed by atoms with E-state index in [1.807, 2.05) is 26.0 Å². The highest BCUT2D eigenvalue weighted by atomic mass is 79.9. The minimum atomic E-state index is -0.758. The Balaban J connectivity index is 1.92. The minimum Gasteiger partial charge on any atom is -0.481 e. The largest absolute Gasteiger partial charge is 0.481 e. The molecule has 126 valence electrons. The fraction of sp³-hybridized carbons (Fsp3) is 0.235. The lowest BCUT2D eigenvalue weighted by Crippen LogP contribution is -2.47. The molecule has 0 fully saturated rings. The summed E-state index contributed by atoms with van der Waals surface area (Å²) < 4.78 is 6.34. The first kappa shape index (κ1) is 17.9. The summed E-state index contributed by atoms with van der Waals surface area (Å²) in [6.45, 7) is 5.51. The van der Waals surface area contributed by atoms with Gasteiger partial charge >= 0.3 is 0 Å². The van der Waals surface area contributed by atoms with Crippen LogP contribution in [0.1, 0.15) is 28.4 Å². The maximum absolute atomic E-state index is 12.1. The van der Waals surface area contributed by atoms with Crippen LogP contribution in [0.15, 0.2) is 41.1 Å². The van der Waals surface area contributed by atoms with Crippen LogP contribution >= 0.6 is 15.9 Å². The molecule has 0 bridgehead atoms. The molecule has 1 heterocycles. The van der Waals surface area contributed by atoms with E-state index in [1.54, 1.807) is 25.3 Å². The van der Waals surface area contributed by atoms with Crippen LogP contribution in [0.2, 0.25) is 0 Å². The smallest absolute Gasteiger partial charge is 0.279 e. The molecule has 1 atom stereocenters. The molecule has 7 heteroatoms. The summed E-state index contributed by atoms with van der Waals surface area (Å²) >= 11 is 3.23. The van der Waals surface area contributed by atoms with Crippen LogP contribution in [-0.4, -0.2) is 22.9 Å². The van der Waals surface area contributed by atoms with Gasteiger partial charge in [0.2, 0.25) is 0 Å². The maximum Gasteiger partial charge on any atom is 0.279 e. The monoisotopic (exact) mass is 391 g/mol. The molecule has 2 rings (SSSR count). The quantitative estimate of drug-likeness (QED) is 0.785. The van der Waals surface area contributed by atoms with Crippen molar-refractivity contribution in [3.8, 4) is 5.75 Å². The lowest BCUT2D eigenvalue weighted by molar-refractivity contribution is -0.128. The molecular weight excluding hydrogens is 374 g/mol. The molecular formula is C17H18BrN3O3. The van der Waals surface area contributed by atoms with Crippen LogP contribution in [0.25, 0.3) is 0 Å². The van der Waals surface area contributed by atoms with E-state index in [-0.39, 0.29) is 0 Å². The van der Waals surface area contributed by atoms with Crippen LogP contribution in [0, 0.1) is 13.8 Å². The molecule has 0 aliphatic carbocycles. The van der Waals surface area contributed by atoms with Gasteiger partial charge in [-0.15, -0.1) is 0 Å². The van der Waals surface area contributed by atoms with E-state index >= 15 is 0 Å². The molecule has 2 amide bonds. The van der Waals surface area contributed by atoms with E-state index in [9.17, 15) is 9.59 Å². The van der Waals surface area contributed by atoms with Crippen molar-refractivity contribution in [2.45, 2.75) is 26.9 Å². The fourth-order valence-electron chi connectivity index (χ4n) is 1.92. The number of hydrazine groups is 1. The summed E-state index contributed by atoms with van der Waals surface area (Å²) in [5.41, 5.74) is 7.07. The average molecular weight is 392 g/mol. The van der Waals surface area contributed by atoms with Crippen LogP contribution < -0.4 is 15.6 Å². The topological polar surface area (TPSA) is 80.3 Å². The van der Waals surface area contributed by atoms with E-state index in [0.29, 0.717) is 15.8 Å². The number of hydrogen-bond donors (Lipinski definition) is 2. The summed E-state index contributed by atoms with van der Waals surface area (Å²) in [7, 11) is 0. The first-order valence-corrected chi connectivity index (χ1v) is 8.11. The lowest BCUT2D eigenvalue weighted by Gasteiger charge is -2.17. The Morgan fingerprint density at radius 1 is 1.21 bits per heavy atom. The second kappa shape index (κ2) is 7.92. The van der Waals surface area contributed by atoms with Crippen molar-refractivity contribution in [1.29, 1.82) is 0 Å². The first-order valence-electron chi connectivity index (χ1n) is 7.32. The molecule has 24 heavy (non-hydrogen) atoms. The van der Waals surface area contributed by atoms with Crippen molar-refractivity contribution in [2.75, 3.05) is 0 Å². The second-order valence-corrected chi connectivity index (χ2v) is 6.21. The Hall–Kier alpha value is -2.41. The Bertz CT molecular complexity index is 764. The number of benzene rings is 1. The summed E-state index contributed by atoms with van der Waals surface area (Å²) in [4.78, 5) is 27.9. The first-order chi connectivity index (χ1) is 11.4. The number of nitrogens with one attached hydrogen (secondary N) is 2. The number of rotatable bonds is 4. The van der Waals surface area contributed by atoms with Gasteiger partial charge in [0.15, 0.2) is 6.10 Å². The molecule has 1 aromatic heterocycles. The maximum atomic E-state index is 12.1. The minimum absolute atomic E-state index is 0.327. The molecule has 0 radical (unpaired) electrons. The Morgan fingerprint density at radius 2 is 1.96 bits per heavy atom. The van der Waals surface area contributed by atoms with E-state index < -0.39 is 17.9 Å². The number of pyridine rings is 1. The standard InChI is InChI=1S/C17H18BrN3O3/c1-10-5-4-6-15(11(10)2)24-12(3)16(22)20-21-17(23)13-7-14(18)9-19-8-13/h4-9,12H,1-3H3,(H,20,22)(H,21,23). The summed E-state index contributed by atoms with van der Waals surface area (Å²) in [5, 5.41) is 0. The molecule has 6 nitrogen and oxygen atoms in total. The highest BCUT2D eigenvalue weighted by Gasteiger charge is 2.17. The van der Waals surface area contributed by atoms with Gasteiger partial charge in [0.25, 0.3) is 11.8 Å². The van der Waals surface area contributed by atoms with Gasteiger partial charge < -0.3 is 4.74 Å². The van der Waals surface area contributed by atoms with Crippen LogP contribution in [0.3, 0.4) is 0 Å². The number of aryl methyl sites for hydroxylation is 1. The van der Waals surface area contributed by atoms with Crippen LogP contribution in [-0.2, 0) is 4.79 Å². The molecule has 1 unspecified atom stereocenters. The number of carbonyl (C=O) groups excluding carboxylic acids is 2. The van der Waals surface area contributed by atoms with Gasteiger partial charge in [-0.05, 0) is 60.0 Å². The van der Waals surface area contributed by atoms with Gasteiger partial charge in [-0.1, -0.05) is 12.1 Å². The van der Waals surface area contributed by atoms with E-state index in [2.05, 4.69) is 31.8 Å². The van der Waals surface area contributed by atoms with Crippen LogP contribution in [0.5, 0.6) is 5.75 Å². The number of amides is 2. The van der Waals surface area contributed by atoms with Crippen molar-refractivity contribution in [2.24, 2.45) is 0 Å². The number of nitrogens with zero attached hydrogens (tertiary/aromatic N) is 1. The highest BCUT2D eigenvalue weighted by molar-refractivity contribution is 9.10. The highest BCUT2D eigenvalue weighted by Crippen LogP contribution is 2.21. The number of aromatic nitrogens is 1. The zero-order valence-corrected chi connectivity index (χ0v) is 15.2. The van der Waals surface area contributed by atoms with E-state index in [4.69, 9.17) is 4.74 Å². The molecule has 0 saturated heterocycles. The van der Waals surface area contributed by atoms with Crippen molar-refractivity contribution >= 4 is 27.7 Å². The third-order valence-corrected chi connectivity index (χ3v) is 3.93. The predicted molar refractivity (Wildman–Crippen MR) is 93.6 cm³/mol. The summed E-state index contributed by atoms with van der Waals surface area (Å²) in [5.74, 6) is -0.275. The van der Waals surface area contributed by atoms with Gasteiger partial charge in [-0.25, -0.2) is 0 Å². The third kappa shape index (κ3) is 4.55. The average Bonchev–Trinajstić information content (AvgIpc) is 2.56. The van der Waals surface area contributed by atoms with Gasteiger partial charge in [0.05, 0.1) is 5.56 Å². The van der Waals surface area contributed by atoms with Gasteiger partial charge in [-0.3, -0.25) is 25.4 Å². The number of hydrogen-bond acceptors (Lipinski definition) is 4. The molecule has 2 N–H and O–H groups in total. The van der Waals surface area contributed by atoms with Gasteiger partial charge in [0, 0.05) is 16.9 Å². The van der Waals surface area contributed by atoms with Gasteiger partial charge in [-0.2, -0.15) is 0 Å². The van der Waals surface area contributed by atoms with Crippen LogP contribution in [0.4, 0.5) is 0 Å². The summed E-state index contributed by atoms with van der Waals surface area (Å²) in [6, 6.07) is 7.24. The van der Waals surface area contributed by atoms with E-state index in [0.717, 1.165) is 11.1 Å². The number of ether oxygens (including phenoxy) is 1. The zero-order valence-electron chi connectivity index (χ0n) is 13.6. The Kier molecular flexibility index (Phi) is 5.92. The van der Waals surface area contributed by atoms with Crippen molar-refractivity contribution in [1.82, 2.24) is 15.8 Å². The van der Waals surface area contributed by atoms with Crippen molar-refractivity contribution in [3.63, 3.8) is 0 Å². The van der Waals surface area contributed by atoms with Gasteiger partial charge in [0.1, 0.15) is 5.75 Å². The Morgan fingerprint density at radius 3 is 2.67 bits per heavy atom. The van der Waals surface area contributed by atoms with E-state index in [1.165, 1.54) is 6.20 Å². The third-order valence-electron chi connectivity index (χ3n) is 3.49.